The molecule has 8 heteroatoms. The maximum atomic E-state index is 12.0. The Balaban J connectivity index is 2.22. The van der Waals surface area contributed by atoms with E-state index >= 15 is 0 Å². The van der Waals surface area contributed by atoms with Gasteiger partial charge in [-0.25, -0.2) is 5.10 Å². The van der Waals surface area contributed by atoms with Gasteiger partial charge >= 0.3 is 0 Å². The van der Waals surface area contributed by atoms with Crippen LogP contribution >= 0.6 is 0 Å². The van der Waals surface area contributed by atoms with E-state index in [4.69, 9.17) is 4.74 Å². The number of amides is 2. The molecule has 0 saturated carbocycles. The third-order valence-corrected chi connectivity index (χ3v) is 2.68. The standard InChI is InChI=1S/C14H14N4O4/c1-8(19)15-11-7-9(3-5-12(11)22-2)16-14(21)10-4-6-13(20)18-17-10/h3-7H,1-2H3,(H,15,19)(H,16,21)(H,18,20). The van der Waals surface area contributed by atoms with Crippen LogP contribution < -0.4 is 20.9 Å². The maximum absolute atomic E-state index is 12.0. The molecular formula is C14H14N4O4. The maximum Gasteiger partial charge on any atom is 0.276 e. The van der Waals surface area contributed by atoms with Crippen LogP contribution in [-0.2, 0) is 4.79 Å². The van der Waals surface area contributed by atoms with Crippen LogP contribution in [0.2, 0.25) is 0 Å². The molecule has 8 nitrogen and oxygen atoms in total. The average Bonchev–Trinajstić information content (AvgIpc) is 2.47. The molecule has 2 amide bonds. The molecule has 22 heavy (non-hydrogen) atoms. The number of hydrogen-bond donors (Lipinski definition) is 3. The Morgan fingerprint density at radius 3 is 2.55 bits per heavy atom. The summed E-state index contributed by atoms with van der Waals surface area (Å²) in [5.74, 6) is -0.283. The Kier molecular flexibility index (Phi) is 4.52. The SMILES string of the molecule is COc1ccc(NC(=O)c2ccc(=O)[nH]n2)cc1NC(C)=O. The van der Waals surface area contributed by atoms with Crippen molar-refractivity contribution in [2.75, 3.05) is 17.7 Å². The Morgan fingerprint density at radius 1 is 1.18 bits per heavy atom. The lowest BCUT2D eigenvalue weighted by atomic mass is 10.2. The van der Waals surface area contributed by atoms with E-state index in [9.17, 15) is 14.4 Å². The van der Waals surface area contributed by atoms with Crippen molar-refractivity contribution >= 4 is 23.2 Å². The lowest BCUT2D eigenvalue weighted by Crippen LogP contribution is -2.17. The molecule has 1 heterocycles. The summed E-state index contributed by atoms with van der Waals surface area (Å²) in [6.07, 6.45) is 0. The van der Waals surface area contributed by atoms with Gasteiger partial charge in [0.2, 0.25) is 5.91 Å². The third-order valence-electron chi connectivity index (χ3n) is 2.68. The Labute approximate surface area is 125 Å². The van der Waals surface area contributed by atoms with Gasteiger partial charge < -0.3 is 15.4 Å². The largest absolute Gasteiger partial charge is 0.495 e. The summed E-state index contributed by atoms with van der Waals surface area (Å²) < 4.78 is 5.12. The zero-order chi connectivity index (χ0) is 16.1. The molecule has 0 aliphatic heterocycles. The molecule has 2 rings (SSSR count). The van der Waals surface area contributed by atoms with Crippen LogP contribution in [0.1, 0.15) is 17.4 Å². The smallest absolute Gasteiger partial charge is 0.276 e. The van der Waals surface area contributed by atoms with Crippen molar-refractivity contribution < 1.29 is 14.3 Å². The molecule has 114 valence electrons. The van der Waals surface area contributed by atoms with Crippen molar-refractivity contribution in [2.24, 2.45) is 0 Å². The normalized spacial score (nSPS) is 9.91. The van der Waals surface area contributed by atoms with Crippen LogP contribution in [0.5, 0.6) is 5.75 Å². The van der Waals surface area contributed by atoms with Crippen molar-refractivity contribution in [1.29, 1.82) is 0 Å². The summed E-state index contributed by atoms with van der Waals surface area (Å²) in [6.45, 7) is 1.37. The van der Waals surface area contributed by atoms with Gasteiger partial charge in [0.1, 0.15) is 11.4 Å². The van der Waals surface area contributed by atoms with Gasteiger partial charge in [-0.2, -0.15) is 5.10 Å². The number of ether oxygens (including phenoxy) is 1. The van der Waals surface area contributed by atoms with Gasteiger partial charge in [0.25, 0.3) is 11.5 Å². The van der Waals surface area contributed by atoms with Gasteiger partial charge in [0.15, 0.2) is 0 Å². The highest BCUT2D eigenvalue weighted by Gasteiger charge is 2.11. The first-order valence-electron chi connectivity index (χ1n) is 6.32. The van der Waals surface area contributed by atoms with E-state index in [1.165, 1.54) is 26.2 Å². The van der Waals surface area contributed by atoms with Crippen LogP contribution in [0, 0.1) is 0 Å². The number of nitrogens with one attached hydrogen (secondary N) is 3. The number of rotatable bonds is 4. The molecule has 0 saturated heterocycles. The fourth-order valence-electron chi connectivity index (χ4n) is 1.74. The van der Waals surface area contributed by atoms with E-state index in [0.29, 0.717) is 17.1 Å². The molecule has 0 radical (unpaired) electrons. The van der Waals surface area contributed by atoms with Crippen molar-refractivity contribution in [3.8, 4) is 5.75 Å². The van der Waals surface area contributed by atoms with Crippen molar-refractivity contribution in [3.05, 3.63) is 46.4 Å². The average molecular weight is 302 g/mol. The molecular weight excluding hydrogens is 288 g/mol. The number of benzene rings is 1. The van der Waals surface area contributed by atoms with Crippen LogP contribution in [-0.4, -0.2) is 29.1 Å². The van der Waals surface area contributed by atoms with E-state index < -0.39 is 11.5 Å². The van der Waals surface area contributed by atoms with Gasteiger partial charge in [0.05, 0.1) is 12.8 Å². The fraction of sp³-hybridized carbons (Fsp3) is 0.143. The second-order valence-corrected chi connectivity index (χ2v) is 4.36. The quantitative estimate of drug-likeness (QED) is 0.779. The molecule has 0 fully saturated rings. The van der Waals surface area contributed by atoms with Crippen LogP contribution in [0.25, 0.3) is 0 Å². The number of hydrogen-bond acceptors (Lipinski definition) is 5. The van der Waals surface area contributed by atoms with E-state index in [1.807, 2.05) is 0 Å². The van der Waals surface area contributed by atoms with Crippen LogP contribution in [0.3, 0.4) is 0 Å². The van der Waals surface area contributed by atoms with Crippen molar-refractivity contribution in [1.82, 2.24) is 10.2 Å². The zero-order valence-corrected chi connectivity index (χ0v) is 12.0. The molecule has 0 aliphatic rings. The number of aromatic amines is 1. The monoisotopic (exact) mass is 302 g/mol. The summed E-state index contributed by atoms with van der Waals surface area (Å²) in [7, 11) is 1.48. The Bertz CT molecular complexity index is 749. The van der Waals surface area contributed by atoms with E-state index in [0.717, 1.165) is 0 Å². The minimum absolute atomic E-state index is 0.0662. The highest BCUT2D eigenvalue weighted by molar-refractivity contribution is 6.03. The first-order valence-corrected chi connectivity index (χ1v) is 6.32. The molecule has 0 bridgehead atoms. The predicted molar refractivity (Wildman–Crippen MR) is 80.1 cm³/mol. The molecule has 1 aromatic heterocycles. The lowest BCUT2D eigenvalue weighted by molar-refractivity contribution is -0.114. The summed E-state index contributed by atoms with van der Waals surface area (Å²) >= 11 is 0. The number of nitrogens with zero attached hydrogens (tertiary/aromatic N) is 1. The Morgan fingerprint density at radius 2 is 1.95 bits per heavy atom. The number of carbonyl (C=O) groups is 2. The number of carbonyl (C=O) groups excluding carboxylic acids is 2. The summed E-state index contributed by atoms with van der Waals surface area (Å²) in [5, 5.41) is 11.0. The summed E-state index contributed by atoms with van der Waals surface area (Å²) in [6, 6.07) is 7.31. The first kappa shape index (κ1) is 15.2. The number of methoxy groups -OCH3 is 1. The van der Waals surface area contributed by atoms with Crippen molar-refractivity contribution in [3.63, 3.8) is 0 Å². The second-order valence-electron chi connectivity index (χ2n) is 4.36. The molecule has 0 spiro atoms. The summed E-state index contributed by atoms with van der Waals surface area (Å²) in [5.41, 5.74) is 0.551. The van der Waals surface area contributed by atoms with Gasteiger partial charge in [-0.3, -0.25) is 14.4 Å². The topological polar surface area (TPSA) is 113 Å². The molecule has 2 aromatic rings. The minimum atomic E-state index is -0.491. The van der Waals surface area contributed by atoms with Crippen molar-refractivity contribution in [2.45, 2.75) is 6.92 Å². The predicted octanol–water partition coefficient (Wildman–Crippen LogP) is 0.989. The van der Waals surface area contributed by atoms with Gasteiger partial charge in [0, 0.05) is 18.7 Å². The van der Waals surface area contributed by atoms with Gasteiger partial charge in [-0.15, -0.1) is 0 Å². The molecule has 0 aliphatic carbocycles. The number of anilines is 2. The van der Waals surface area contributed by atoms with Gasteiger partial charge in [-0.05, 0) is 24.3 Å². The molecule has 3 N–H and O–H groups in total. The fourth-order valence-corrected chi connectivity index (χ4v) is 1.74. The molecule has 1 aromatic carbocycles. The molecule has 0 unspecified atom stereocenters. The highest BCUT2D eigenvalue weighted by Crippen LogP contribution is 2.27. The van der Waals surface area contributed by atoms with E-state index in [-0.39, 0.29) is 11.6 Å². The van der Waals surface area contributed by atoms with E-state index in [2.05, 4.69) is 20.8 Å². The number of aromatic nitrogens is 2. The summed E-state index contributed by atoms with van der Waals surface area (Å²) in [4.78, 5) is 34.1. The minimum Gasteiger partial charge on any atom is -0.495 e. The van der Waals surface area contributed by atoms with Crippen LogP contribution in [0.4, 0.5) is 11.4 Å². The third kappa shape index (κ3) is 3.69. The molecule has 0 atom stereocenters. The number of H-pyrrole nitrogens is 1. The lowest BCUT2D eigenvalue weighted by Gasteiger charge is -2.11. The first-order chi connectivity index (χ1) is 10.5. The highest BCUT2D eigenvalue weighted by atomic mass is 16.5. The van der Waals surface area contributed by atoms with E-state index in [1.54, 1.807) is 18.2 Å². The Hall–Kier alpha value is -3.16. The second kappa shape index (κ2) is 6.53. The van der Waals surface area contributed by atoms with Gasteiger partial charge in [-0.1, -0.05) is 0 Å². The van der Waals surface area contributed by atoms with Crippen LogP contribution in [0.15, 0.2) is 35.1 Å². The zero-order valence-electron chi connectivity index (χ0n) is 12.0.